The van der Waals surface area contributed by atoms with Crippen LogP contribution in [0.25, 0.3) is 0 Å². The molecule has 4 nitrogen and oxygen atoms in total. The minimum Gasteiger partial charge on any atom is -0.333 e. The zero-order chi connectivity index (χ0) is 15.7. The van der Waals surface area contributed by atoms with Crippen molar-refractivity contribution in [2.24, 2.45) is 0 Å². The summed E-state index contributed by atoms with van der Waals surface area (Å²) in [5.41, 5.74) is 2.77. The Morgan fingerprint density at radius 1 is 1.18 bits per heavy atom. The highest BCUT2D eigenvalue weighted by atomic mass is 16.2. The third-order valence-corrected chi connectivity index (χ3v) is 4.61. The molecule has 0 saturated carbocycles. The van der Waals surface area contributed by atoms with E-state index in [1.165, 1.54) is 11.1 Å². The third-order valence-electron chi connectivity index (χ3n) is 4.61. The van der Waals surface area contributed by atoms with Gasteiger partial charge in [-0.2, -0.15) is 0 Å². The summed E-state index contributed by atoms with van der Waals surface area (Å²) >= 11 is 0. The number of hydrogen-bond donors (Lipinski definition) is 1. The standard InChI is InChI=1S/C18H27N3O/c1-18(2,3)19-17(22)21-11-9-16(13-21)20-10-8-14-6-4-5-7-15(14)12-20/h4-7,16H,8-13H2,1-3H3,(H,19,22). The molecule has 1 fully saturated rings. The predicted molar refractivity (Wildman–Crippen MR) is 88.8 cm³/mol. The predicted octanol–water partition coefficient (Wildman–Crippen LogP) is 2.63. The number of fused-ring (bicyclic) bond motifs is 1. The zero-order valence-electron chi connectivity index (χ0n) is 13.9. The van der Waals surface area contributed by atoms with Gasteiger partial charge in [0.15, 0.2) is 0 Å². The van der Waals surface area contributed by atoms with Crippen molar-refractivity contribution in [3.8, 4) is 0 Å². The summed E-state index contributed by atoms with van der Waals surface area (Å²) in [6.45, 7) is 9.93. The first-order valence-corrected chi connectivity index (χ1v) is 8.30. The monoisotopic (exact) mass is 301 g/mol. The van der Waals surface area contributed by atoms with Crippen molar-refractivity contribution < 1.29 is 4.79 Å². The number of nitrogens with zero attached hydrogens (tertiary/aromatic N) is 2. The molecule has 1 atom stereocenters. The van der Waals surface area contributed by atoms with Crippen molar-refractivity contribution >= 4 is 6.03 Å². The van der Waals surface area contributed by atoms with E-state index in [2.05, 4.69) is 34.5 Å². The van der Waals surface area contributed by atoms with Gasteiger partial charge in [0.25, 0.3) is 0 Å². The van der Waals surface area contributed by atoms with Gasteiger partial charge in [0.2, 0.25) is 0 Å². The molecule has 0 aromatic heterocycles. The molecule has 22 heavy (non-hydrogen) atoms. The summed E-state index contributed by atoms with van der Waals surface area (Å²) in [6, 6.07) is 9.31. The number of nitrogens with one attached hydrogen (secondary N) is 1. The lowest BCUT2D eigenvalue weighted by Gasteiger charge is -2.33. The molecule has 0 bridgehead atoms. The maximum absolute atomic E-state index is 12.3. The van der Waals surface area contributed by atoms with Gasteiger partial charge in [0.05, 0.1) is 0 Å². The Morgan fingerprint density at radius 3 is 2.64 bits per heavy atom. The Morgan fingerprint density at radius 2 is 1.91 bits per heavy atom. The summed E-state index contributed by atoms with van der Waals surface area (Å²) in [6.07, 6.45) is 2.21. The molecule has 4 heteroatoms. The van der Waals surface area contributed by atoms with Gasteiger partial charge in [-0.3, -0.25) is 4.90 Å². The molecule has 3 rings (SSSR count). The highest BCUT2D eigenvalue weighted by Gasteiger charge is 2.32. The number of likely N-dealkylation sites (tertiary alicyclic amines) is 1. The first-order chi connectivity index (χ1) is 10.4. The average molecular weight is 301 g/mol. The van der Waals surface area contributed by atoms with Gasteiger partial charge in [-0.25, -0.2) is 4.79 Å². The van der Waals surface area contributed by atoms with E-state index in [4.69, 9.17) is 0 Å². The Bertz CT molecular complexity index is 550. The summed E-state index contributed by atoms with van der Waals surface area (Å²) in [5, 5.41) is 3.07. The molecule has 0 radical (unpaired) electrons. The van der Waals surface area contributed by atoms with Crippen LogP contribution in [-0.2, 0) is 13.0 Å². The summed E-state index contributed by atoms with van der Waals surface area (Å²) in [5.74, 6) is 0. The van der Waals surface area contributed by atoms with Gasteiger partial charge in [-0.1, -0.05) is 24.3 Å². The van der Waals surface area contributed by atoms with Crippen LogP contribution in [-0.4, -0.2) is 47.0 Å². The minimum atomic E-state index is -0.167. The molecule has 0 spiro atoms. The molecule has 2 aliphatic heterocycles. The molecule has 1 saturated heterocycles. The van der Waals surface area contributed by atoms with E-state index in [9.17, 15) is 4.79 Å². The first-order valence-electron chi connectivity index (χ1n) is 8.30. The van der Waals surface area contributed by atoms with Crippen molar-refractivity contribution in [1.29, 1.82) is 0 Å². The van der Waals surface area contributed by atoms with Crippen LogP contribution in [0, 0.1) is 0 Å². The van der Waals surface area contributed by atoms with Crippen LogP contribution >= 0.6 is 0 Å². The lowest BCUT2D eigenvalue weighted by Crippen LogP contribution is -2.49. The quantitative estimate of drug-likeness (QED) is 0.865. The van der Waals surface area contributed by atoms with Gasteiger partial charge in [0, 0.05) is 37.8 Å². The second kappa shape index (κ2) is 5.92. The number of hydrogen-bond acceptors (Lipinski definition) is 2. The number of amides is 2. The molecular weight excluding hydrogens is 274 g/mol. The molecule has 1 N–H and O–H groups in total. The topological polar surface area (TPSA) is 35.6 Å². The van der Waals surface area contributed by atoms with Crippen molar-refractivity contribution in [2.75, 3.05) is 19.6 Å². The van der Waals surface area contributed by atoms with E-state index in [0.717, 1.165) is 39.0 Å². The molecule has 1 unspecified atom stereocenters. The minimum absolute atomic E-state index is 0.0763. The second-order valence-electron chi connectivity index (χ2n) is 7.56. The van der Waals surface area contributed by atoms with Crippen LogP contribution in [0.3, 0.4) is 0 Å². The van der Waals surface area contributed by atoms with Crippen LogP contribution in [0.15, 0.2) is 24.3 Å². The second-order valence-corrected chi connectivity index (χ2v) is 7.56. The number of benzene rings is 1. The number of urea groups is 1. The van der Waals surface area contributed by atoms with E-state index < -0.39 is 0 Å². The average Bonchev–Trinajstić information content (AvgIpc) is 2.95. The zero-order valence-corrected chi connectivity index (χ0v) is 13.9. The Labute approximate surface area is 133 Å². The van der Waals surface area contributed by atoms with Crippen LogP contribution in [0.5, 0.6) is 0 Å². The largest absolute Gasteiger partial charge is 0.333 e. The van der Waals surface area contributed by atoms with Gasteiger partial charge < -0.3 is 10.2 Å². The molecule has 1 aromatic rings. The number of rotatable bonds is 1. The first kappa shape index (κ1) is 15.3. The molecule has 2 amide bonds. The molecule has 2 aliphatic rings. The highest BCUT2D eigenvalue weighted by Crippen LogP contribution is 2.24. The highest BCUT2D eigenvalue weighted by molar-refractivity contribution is 5.75. The fourth-order valence-electron chi connectivity index (χ4n) is 3.45. The van der Waals surface area contributed by atoms with Gasteiger partial charge in [-0.05, 0) is 44.7 Å². The van der Waals surface area contributed by atoms with E-state index in [-0.39, 0.29) is 11.6 Å². The van der Waals surface area contributed by atoms with E-state index in [1.54, 1.807) is 0 Å². The van der Waals surface area contributed by atoms with E-state index in [1.807, 2.05) is 25.7 Å². The molecule has 2 heterocycles. The Balaban J connectivity index is 1.59. The van der Waals surface area contributed by atoms with Crippen molar-refractivity contribution in [2.45, 2.75) is 51.7 Å². The Kier molecular flexibility index (Phi) is 4.13. The van der Waals surface area contributed by atoms with Crippen LogP contribution in [0.2, 0.25) is 0 Å². The van der Waals surface area contributed by atoms with Gasteiger partial charge in [-0.15, -0.1) is 0 Å². The third kappa shape index (κ3) is 3.43. The smallest absolute Gasteiger partial charge is 0.317 e. The maximum Gasteiger partial charge on any atom is 0.317 e. The summed E-state index contributed by atoms with van der Waals surface area (Å²) in [4.78, 5) is 16.8. The van der Waals surface area contributed by atoms with Crippen molar-refractivity contribution in [3.05, 3.63) is 35.4 Å². The van der Waals surface area contributed by atoms with Gasteiger partial charge in [0.1, 0.15) is 0 Å². The van der Waals surface area contributed by atoms with E-state index in [0.29, 0.717) is 6.04 Å². The van der Waals surface area contributed by atoms with Crippen LogP contribution in [0.1, 0.15) is 38.3 Å². The van der Waals surface area contributed by atoms with E-state index >= 15 is 0 Å². The fraction of sp³-hybridized carbons (Fsp3) is 0.611. The molecule has 120 valence electrons. The summed E-state index contributed by atoms with van der Waals surface area (Å²) < 4.78 is 0. The molecular formula is C18H27N3O. The lowest BCUT2D eigenvalue weighted by molar-refractivity contribution is 0.170. The lowest BCUT2D eigenvalue weighted by atomic mass is 9.98. The van der Waals surface area contributed by atoms with Crippen molar-refractivity contribution in [3.63, 3.8) is 0 Å². The fourth-order valence-corrected chi connectivity index (χ4v) is 3.45. The Hall–Kier alpha value is -1.55. The van der Waals surface area contributed by atoms with Crippen molar-refractivity contribution in [1.82, 2.24) is 15.1 Å². The molecule has 0 aliphatic carbocycles. The molecule has 1 aromatic carbocycles. The maximum atomic E-state index is 12.3. The van der Waals surface area contributed by atoms with Crippen LogP contribution in [0.4, 0.5) is 4.79 Å². The number of carbonyl (C=O) groups excluding carboxylic acids is 1. The normalized spacial score (nSPS) is 22.5. The van der Waals surface area contributed by atoms with Gasteiger partial charge >= 0.3 is 6.03 Å². The van der Waals surface area contributed by atoms with Crippen LogP contribution < -0.4 is 5.32 Å². The SMILES string of the molecule is CC(C)(C)NC(=O)N1CCC(N2CCc3ccccc3C2)C1. The summed E-state index contributed by atoms with van der Waals surface area (Å²) in [7, 11) is 0. The number of carbonyl (C=O) groups is 1.